The highest BCUT2D eigenvalue weighted by atomic mass is 19.1. The first-order valence-electron chi connectivity index (χ1n) is 8.82. The van der Waals surface area contributed by atoms with Gasteiger partial charge in [-0.3, -0.25) is 0 Å². The Morgan fingerprint density at radius 1 is 1.16 bits per heavy atom. The van der Waals surface area contributed by atoms with Crippen molar-refractivity contribution in [2.45, 2.75) is 31.8 Å². The minimum absolute atomic E-state index is 0.217. The zero-order valence-electron chi connectivity index (χ0n) is 14.1. The van der Waals surface area contributed by atoms with Crippen molar-refractivity contribution >= 4 is 17.1 Å². The lowest BCUT2D eigenvalue weighted by Crippen LogP contribution is -2.23. The molecule has 4 rings (SSSR count). The van der Waals surface area contributed by atoms with Gasteiger partial charge in [0.05, 0.1) is 12.1 Å². The number of anilines is 1. The molecule has 0 amide bonds. The second-order valence-corrected chi connectivity index (χ2v) is 6.52. The summed E-state index contributed by atoms with van der Waals surface area (Å²) in [6.45, 7) is 2.73. The molecular formula is C19H22FN5. The molecule has 25 heavy (non-hydrogen) atoms. The number of pyridine rings is 1. The summed E-state index contributed by atoms with van der Waals surface area (Å²) in [6, 6.07) is 11.0. The number of hydrogen-bond acceptors (Lipinski definition) is 4. The lowest BCUT2D eigenvalue weighted by molar-refractivity contribution is 0.623. The molecule has 2 aromatic heterocycles. The molecule has 1 unspecified atom stereocenters. The van der Waals surface area contributed by atoms with Crippen LogP contribution in [0.15, 0.2) is 42.6 Å². The number of benzene rings is 1. The van der Waals surface area contributed by atoms with E-state index in [1.54, 1.807) is 6.20 Å². The van der Waals surface area contributed by atoms with Gasteiger partial charge in [-0.25, -0.2) is 9.37 Å². The fraction of sp³-hybridized carbons (Fsp3) is 0.368. The van der Waals surface area contributed by atoms with Crippen molar-refractivity contribution in [1.82, 2.24) is 19.9 Å². The Hall–Kier alpha value is -2.47. The van der Waals surface area contributed by atoms with Gasteiger partial charge in [-0.1, -0.05) is 12.1 Å². The van der Waals surface area contributed by atoms with Gasteiger partial charge in [-0.2, -0.15) is 4.98 Å². The van der Waals surface area contributed by atoms with Gasteiger partial charge in [0.25, 0.3) is 0 Å². The summed E-state index contributed by atoms with van der Waals surface area (Å²) >= 11 is 0. The number of halogens is 1. The fourth-order valence-corrected chi connectivity index (χ4v) is 3.35. The van der Waals surface area contributed by atoms with Crippen LogP contribution in [0.4, 0.5) is 10.3 Å². The summed E-state index contributed by atoms with van der Waals surface area (Å²) in [5.74, 6) is 0.620. The minimum Gasteiger partial charge on any atom is -0.353 e. The summed E-state index contributed by atoms with van der Waals surface area (Å²) in [4.78, 5) is 9.08. The lowest BCUT2D eigenvalue weighted by atomic mass is 10.1. The zero-order valence-corrected chi connectivity index (χ0v) is 14.1. The van der Waals surface area contributed by atoms with Crippen LogP contribution in [0.3, 0.4) is 0 Å². The highest BCUT2D eigenvalue weighted by Crippen LogP contribution is 2.22. The van der Waals surface area contributed by atoms with Crippen molar-refractivity contribution in [3.8, 4) is 0 Å². The van der Waals surface area contributed by atoms with Gasteiger partial charge >= 0.3 is 0 Å². The molecule has 130 valence electrons. The summed E-state index contributed by atoms with van der Waals surface area (Å²) in [5.41, 5.74) is 2.76. The van der Waals surface area contributed by atoms with Crippen LogP contribution in [-0.4, -0.2) is 33.7 Å². The van der Waals surface area contributed by atoms with Crippen LogP contribution in [0.1, 0.15) is 24.8 Å². The first kappa shape index (κ1) is 16.0. The number of aromatic nitrogens is 3. The number of rotatable bonds is 4. The average molecular weight is 339 g/mol. The number of fused-ring (bicyclic) bond motifs is 1. The molecule has 3 heterocycles. The van der Waals surface area contributed by atoms with Crippen molar-refractivity contribution < 1.29 is 4.39 Å². The number of nitrogens with one attached hydrogen (secondary N) is 2. The first-order valence-corrected chi connectivity index (χ1v) is 8.82. The van der Waals surface area contributed by atoms with Crippen LogP contribution in [0.25, 0.3) is 11.2 Å². The zero-order chi connectivity index (χ0) is 17.1. The Labute approximate surface area is 146 Å². The van der Waals surface area contributed by atoms with E-state index >= 15 is 0 Å². The van der Waals surface area contributed by atoms with Crippen LogP contribution in [0, 0.1) is 5.82 Å². The summed E-state index contributed by atoms with van der Waals surface area (Å²) in [5, 5.41) is 7.04. The summed E-state index contributed by atoms with van der Waals surface area (Å²) in [7, 11) is 0. The van der Waals surface area contributed by atoms with Gasteiger partial charge in [-0.15, -0.1) is 0 Å². The van der Waals surface area contributed by atoms with Crippen molar-refractivity contribution in [2.75, 3.05) is 18.4 Å². The normalized spacial score (nSPS) is 18.2. The molecule has 0 radical (unpaired) electrons. The molecule has 1 aromatic carbocycles. The van der Waals surface area contributed by atoms with E-state index in [2.05, 4.69) is 20.2 Å². The van der Waals surface area contributed by atoms with Crippen LogP contribution in [-0.2, 0) is 6.54 Å². The molecule has 1 atom stereocenters. The highest BCUT2D eigenvalue weighted by molar-refractivity contribution is 5.74. The monoisotopic (exact) mass is 339 g/mol. The molecule has 1 saturated heterocycles. The highest BCUT2D eigenvalue weighted by Gasteiger charge is 2.17. The van der Waals surface area contributed by atoms with E-state index in [1.165, 1.54) is 12.1 Å². The predicted molar refractivity (Wildman–Crippen MR) is 97.2 cm³/mol. The van der Waals surface area contributed by atoms with Crippen molar-refractivity contribution in [2.24, 2.45) is 0 Å². The second kappa shape index (κ2) is 7.19. The maximum atomic E-state index is 13.2. The van der Waals surface area contributed by atoms with E-state index in [1.807, 2.05) is 24.3 Å². The Morgan fingerprint density at radius 2 is 2.04 bits per heavy atom. The molecule has 5 nitrogen and oxygen atoms in total. The number of hydrogen-bond donors (Lipinski definition) is 2. The third-order valence-electron chi connectivity index (χ3n) is 4.69. The van der Waals surface area contributed by atoms with Crippen LogP contribution < -0.4 is 10.6 Å². The van der Waals surface area contributed by atoms with E-state index in [4.69, 9.17) is 4.98 Å². The molecule has 2 N–H and O–H groups in total. The predicted octanol–water partition coefficient (Wildman–Crippen LogP) is 3.17. The molecule has 0 aliphatic carbocycles. The van der Waals surface area contributed by atoms with Crippen LogP contribution in [0.5, 0.6) is 0 Å². The quantitative estimate of drug-likeness (QED) is 0.767. The third kappa shape index (κ3) is 3.64. The molecule has 1 aliphatic heterocycles. The van der Waals surface area contributed by atoms with Gasteiger partial charge in [0, 0.05) is 12.2 Å². The van der Waals surface area contributed by atoms with Crippen molar-refractivity contribution in [1.29, 1.82) is 0 Å². The molecule has 1 aliphatic rings. The standard InChI is InChI=1S/C19H22FN5/c20-15-7-5-14(6-8-15)13-25-17-4-2-11-22-18(17)24-19(25)23-16-3-1-10-21-12-9-16/h2,4-8,11,16,21H,1,3,9-10,12-13H2,(H,22,23,24). The average Bonchev–Trinajstić information content (AvgIpc) is 2.79. The topological polar surface area (TPSA) is 54.8 Å². The van der Waals surface area contributed by atoms with Gasteiger partial charge in [0.15, 0.2) is 5.65 Å². The SMILES string of the molecule is Fc1ccc(Cn2c(NC3CCCNCC3)nc3ncccc32)cc1. The lowest BCUT2D eigenvalue weighted by Gasteiger charge is -2.18. The van der Waals surface area contributed by atoms with E-state index < -0.39 is 0 Å². The van der Waals surface area contributed by atoms with E-state index in [-0.39, 0.29) is 5.82 Å². The molecule has 1 fully saturated rings. The number of imidazole rings is 1. The molecule has 0 saturated carbocycles. The first-order chi connectivity index (χ1) is 12.3. The van der Waals surface area contributed by atoms with Gasteiger partial charge < -0.3 is 15.2 Å². The Morgan fingerprint density at radius 3 is 2.92 bits per heavy atom. The Kier molecular flexibility index (Phi) is 4.61. The third-order valence-corrected chi connectivity index (χ3v) is 4.69. The van der Waals surface area contributed by atoms with E-state index in [0.29, 0.717) is 12.6 Å². The maximum Gasteiger partial charge on any atom is 0.205 e. The molecule has 0 bridgehead atoms. The molecule has 6 heteroatoms. The molecular weight excluding hydrogens is 317 g/mol. The van der Waals surface area contributed by atoms with Crippen molar-refractivity contribution in [3.05, 3.63) is 54.0 Å². The van der Waals surface area contributed by atoms with Crippen LogP contribution in [0.2, 0.25) is 0 Å². The van der Waals surface area contributed by atoms with Crippen LogP contribution >= 0.6 is 0 Å². The smallest absolute Gasteiger partial charge is 0.205 e. The summed E-state index contributed by atoms with van der Waals surface area (Å²) in [6.07, 6.45) is 5.12. The second-order valence-electron chi connectivity index (χ2n) is 6.52. The fourth-order valence-electron chi connectivity index (χ4n) is 3.35. The van der Waals surface area contributed by atoms with Crippen molar-refractivity contribution in [3.63, 3.8) is 0 Å². The largest absolute Gasteiger partial charge is 0.353 e. The Balaban J connectivity index is 1.66. The van der Waals surface area contributed by atoms with Gasteiger partial charge in [0.2, 0.25) is 5.95 Å². The Bertz CT molecular complexity index is 835. The number of nitrogens with zero attached hydrogens (tertiary/aromatic N) is 3. The minimum atomic E-state index is -0.217. The van der Waals surface area contributed by atoms with E-state index in [0.717, 1.165) is 55.0 Å². The molecule has 3 aromatic rings. The van der Waals surface area contributed by atoms with E-state index in [9.17, 15) is 4.39 Å². The maximum absolute atomic E-state index is 13.2. The summed E-state index contributed by atoms with van der Waals surface area (Å²) < 4.78 is 15.3. The molecule has 0 spiro atoms. The van der Waals surface area contributed by atoms with Gasteiger partial charge in [-0.05, 0) is 62.2 Å². The van der Waals surface area contributed by atoms with Gasteiger partial charge in [0.1, 0.15) is 5.82 Å².